The van der Waals surface area contributed by atoms with E-state index >= 15 is 0 Å². The van der Waals surface area contributed by atoms with Crippen molar-refractivity contribution in [1.82, 2.24) is 0 Å². The molecule has 0 bridgehead atoms. The Balaban J connectivity index is 2.85. The second-order valence-electron chi connectivity index (χ2n) is 7.54. The first kappa shape index (κ1) is 29.5. The smallest absolute Gasteiger partial charge is 0.458 e. The van der Waals surface area contributed by atoms with Crippen LogP contribution in [-0.4, -0.2) is 62.0 Å². The van der Waals surface area contributed by atoms with Crippen molar-refractivity contribution in [3.63, 3.8) is 0 Å². The van der Waals surface area contributed by atoms with Crippen molar-refractivity contribution >= 4 is 24.4 Å². The summed E-state index contributed by atoms with van der Waals surface area (Å²) < 4.78 is 34.9. The Hall–Kier alpha value is -3.54. The Kier molecular flexibility index (Phi) is 12.4. The number of benzene rings is 1. The molecule has 0 spiro atoms. The molecule has 0 aliphatic heterocycles. The highest BCUT2D eigenvalue weighted by atomic mass is 16.7. The van der Waals surface area contributed by atoms with Crippen LogP contribution in [0, 0.1) is 0 Å². The zero-order chi connectivity index (χ0) is 26.5. The third-order valence-corrected chi connectivity index (χ3v) is 4.25. The minimum atomic E-state index is -1.10. The van der Waals surface area contributed by atoms with E-state index in [1.54, 1.807) is 41.5 Å². The first-order valence-electron chi connectivity index (χ1n) is 11.1. The number of ether oxygens (including phenoxy) is 7. The molecule has 2 N–H and O–H groups in total. The molecule has 0 aliphatic rings. The van der Waals surface area contributed by atoms with Crippen LogP contribution in [0.15, 0.2) is 18.2 Å². The van der Waals surface area contributed by atoms with Gasteiger partial charge in [0.15, 0.2) is 11.5 Å². The minimum absolute atomic E-state index is 0.00491. The van der Waals surface area contributed by atoms with Crippen molar-refractivity contribution < 1.29 is 52.3 Å². The van der Waals surface area contributed by atoms with Gasteiger partial charge in [-0.1, -0.05) is 6.07 Å². The van der Waals surface area contributed by atoms with E-state index in [0.717, 1.165) is 0 Å². The standard InChI is InChI=1S/C23H33NO11/c1-7-29-21(26)34-18-10-9-16(12-19(18)35-22(27)30-8-2)11-17(24)20(25)32-14(5)15(6)33-23(28)31-13(3)4/h9-10,12-15,17H,7-8,11,24H2,1-6H3/t14-,15-,17-/m0/s1. The summed E-state index contributed by atoms with van der Waals surface area (Å²) in [7, 11) is 0. The van der Waals surface area contributed by atoms with Crippen molar-refractivity contribution in [3.8, 4) is 11.5 Å². The van der Waals surface area contributed by atoms with E-state index in [4.69, 9.17) is 38.9 Å². The average Bonchev–Trinajstić information content (AvgIpc) is 2.75. The molecule has 0 heterocycles. The molecule has 0 aliphatic carbocycles. The lowest BCUT2D eigenvalue weighted by atomic mass is 10.1. The predicted octanol–water partition coefficient (Wildman–Crippen LogP) is 3.51. The molecule has 12 heteroatoms. The van der Waals surface area contributed by atoms with Gasteiger partial charge in [0.1, 0.15) is 18.2 Å². The van der Waals surface area contributed by atoms with Gasteiger partial charge >= 0.3 is 24.4 Å². The SMILES string of the molecule is CCOC(=O)Oc1ccc(C[C@H](N)C(=O)O[C@@H](C)[C@H](C)OC(=O)OC(C)C)cc1OC(=O)OCC. The van der Waals surface area contributed by atoms with Crippen molar-refractivity contribution in [3.05, 3.63) is 23.8 Å². The maximum absolute atomic E-state index is 12.4. The van der Waals surface area contributed by atoms with E-state index in [1.807, 2.05) is 0 Å². The van der Waals surface area contributed by atoms with E-state index in [1.165, 1.54) is 18.2 Å². The molecule has 0 saturated carbocycles. The summed E-state index contributed by atoms with van der Waals surface area (Å²) in [5.41, 5.74) is 6.45. The van der Waals surface area contributed by atoms with Crippen molar-refractivity contribution in [2.24, 2.45) is 5.73 Å². The van der Waals surface area contributed by atoms with Gasteiger partial charge in [-0.05, 0) is 65.7 Å². The predicted molar refractivity (Wildman–Crippen MR) is 121 cm³/mol. The van der Waals surface area contributed by atoms with Gasteiger partial charge in [0.2, 0.25) is 0 Å². The average molecular weight is 500 g/mol. The molecule has 35 heavy (non-hydrogen) atoms. The van der Waals surface area contributed by atoms with Crippen LogP contribution >= 0.6 is 0 Å². The molecular weight excluding hydrogens is 466 g/mol. The molecule has 1 aromatic rings. The Bertz CT molecular complexity index is 871. The molecule has 12 nitrogen and oxygen atoms in total. The summed E-state index contributed by atoms with van der Waals surface area (Å²) in [6.45, 7) is 9.80. The van der Waals surface area contributed by atoms with Crippen LogP contribution in [0.2, 0.25) is 0 Å². The van der Waals surface area contributed by atoms with Gasteiger partial charge in [0, 0.05) is 0 Å². The lowest BCUT2D eigenvalue weighted by molar-refractivity contribution is -0.155. The van der Waals surface area contributed by atoms with Gasteiger partial charge < -0.3 is 38.9 Å². The normalized spacial score (nSPS) is 13.1. The van der Waals surface area contributed by atoms with Crippen LogP contribution in [0.1, 0.15) is 47.1 Å². The lowest BCUT2D eigenvalue weighted by Crippen LogP contribution is -2.39. The number of esters is 1. The van der Waals surface area contributed by atoms with Gasteiger partial charge in [-0.15, -0.1) is 0 Å². The Morgan fingerprint density at radius 2 is 1.31 bits per heavy atom. The van der Waals surface area contributed by atoms with Crippen LogP contribution in [-0.2, 0) is 34.9 Å². The van der Waals surface area contributed by atoms with Crippen LogP contribution in [0.25, 0.3) is 0 Å². The molecular formula is C23H33NO11. The number of rotatable bonds is 11. The highest BCUT2D eigenvalue weighted by Gasteiger charge is 2.25. The molecule has 0 fully saturated rings. The maximum Gasteiger partial charge on any atom is 0.513 e. The first-order chi connectivity index (χ1) is 16.5. The summed E-state index contributed by atoms with van der Waals surface area (Å²) in [6.07, 6.45) is -4.81. The molecule has 0 radical (unpaired) electrons. The summed E-state index contributed by atoms with van der Waals surface area (Å²) in [4.78, 5) is 47.5. The molecule has 196 valence electrons. The Labute approximate surface area is 203 Å². The van der Waals surface area contributed by atoms with Gasteiger partial charge in [0.25, 0.3) is 0 Å². The summed E-state index contributed by atoms with van der Waals surface area (Å²) in [6, 6.07) is 3.16. The summed E-state index contributed by atoms with van der Waals surface area (Å²) in [5.74, 6) is -0.970. The molecule has 1 aromatic carbocycles. The maximum atomic E-state index is 12.4. The van der Waals surface area contributed by atoms with Gasteiger partial charge in [-0.3, -0.25) is 4.79 Å². The topological polar surface area (TPSA) is 159 Å². The van der Waals surface area contributed by atoms with Crippen LogP contribution in [0.5, 0.6) is 11.5 Å². The Morgan fingerprint density at radius 1 is 0.771 bits per heavy atom. The number of nitrogens with two attached hydrogens (primary N) is 1. The van der Waals surface area contributed by atoms with E-state index in [9.17, 15) is 19.2 Å². The van der Waals surface area contributed by atoms with Crippen LogP contribution in [0.3, 0.4) is 0 Å². The number of carbonyl (C=O) groups is 4. The fraction of sp³-hybridized carbons (Fsp3) is 0.565. The molecule has 0 amide bonds. The first-order valence-corrected chi connectivity index (χ1v) is 11.1. The fourth-order valence-electron chi connectivity index (χ4n) is 2.49. The molecule has 0 aromatic heterocycles. The van der Waals surface area contributed by atoms with Crippen molar-refractivity contribution in [2.75, 3.05) is 13.2 Å². The van der Waals surface area contributed by atoms with Crippen LogP contribution < -0.4 is 15.2 Å². The highest BCUT2D eigenvalue weighted by Crippen LogP contribution is 2.30. The molecule has 3 atom stereocenters. The van der Waals surface area contributed by atoms with Gasteiger partial charge in [-0.2, -0.15) is 0 Å². The number of hydrogen-bond donors (Lipinski definition) is 1. The monoisotopic (exact) mass is 499 g/mol. The van der Waals surface area contributed by atoms with Gasteiger partial charge in [0.05, 0.1) is 19.3 Å². The van der Waals surface area contributed by atoms with Crippen molar-refractivity contribution in [2.45, 2.75) is 72.3 Å². The second kappa shape index (κ2) is 14.7. The van der Waals surface area contributed by atoms with E-state index in [0.29, 0.717) is 5.56 Å². The van der Waals surface area contributed by atoms with E-state index < -0.39 is 42.7 Å². The fourth-order valence-corrected chi connectivity index (χ4v) is 2.49. The van der Waals surface area contributed by atoms with Gasteiger partial charge in [-0.25, -0.2) is 14.4 Å². The largest absolute Gasteiger partial charge is 0.513 e. The third-order valence-electron chi connectivity index (χ3n) is 4.25. The molecule has 1 rings (SSSR count). The zero-order valence-electron chi connectivity index (χ0n) is 20.7. The van der Waals surface area contributed by atoms with Crippen molar-refractivity contribution in [1.29, 1.82) is 0 Å². The zero-order valence-corrected chi connectivity index (χ0v) is 20.7. The lowest BCUT2D eigenvalue weighted by Gasteiger charge is -2.22. The Morgan fingerprint density at radius 3 is 1.86 bits per heavy atom. The quantitative estimate of drug-likeness (QED) is 0.268. The molecule has 0 unspecified atom stereocenters. The summed E-state index contributed by atoms with van der Waals surface area (Å²) in [5, 5.41) is 0. The van der Waals surface area contributed by atoms with Crippen LogP contribution in [0.4, 0.5) is 14.4 Å². The minimum Gasteiger partial charge on any atom is -0.458 e. The highest BCUT2D eigenvalue weighted by molar-refractivity contribution is 5.76. The van der Waals surface area contributed by atoms with E-state index in [2.05, 4.69) is 0 Å². The third kappa shape index (κ3) is 11.0. The number of hydrogen-bond acceptors (Lipinski definition) is 12. The van der Waals surface area contributed by atoms with E-state index in [-0.39, 0.29) is 37.2 Å². The number of carbonyl (C=O) groups excluding carboxylic acids is 4. The second-order valence-corrected chi connectivity index (χ2v) is 7.54. The summed E-state index contributed by atoms with van der Waals surface area (Å²) >= 11 is 0. The molecule has 0 saturated heterocycles.